The van der Waals surface area contributed by atoms with E-state index in [0.29, 0.717) is 17.5 Å². The van der Waals surface area contributed by atoms with Gasteiger partial charge in [0.1, 0.15) is 16.8 Å². The number of hydrogen-bond donors (Lipinski definition) is 1. The summed E-state index contributed by atoms with van der Waals surface area (Å²) in [5.41, 5.74) is 7.89. The fourth-order valence-electron chi connectivity index (χ4n) is 6.00. The molecule has 0 saturated heterocycles. The number of pyridine rings is 1. The van der Waals surface area contributed by atoms with Gasteiger partial charge in [0.05, 0.1) is 5.52 Å². The van der Waals surface area contributed by atoms with Crippen molar-refractivity contribution in [3.8, 4) is 34.2 Å². The lowest BCUT2D eigenvalue weighted by Gasteiger charge is -2.12. The molecule has 42 heavy (non-hydrogen) atoms. The van der Waals surface area contributed by atoms with Crippen LogP contribution < -0.4 is 0 Å². The maximum Gasteiger partial charge on any atom is 0.164 e. The largest absolute Gasteiger partial charge is 0.339 e. The Kier molecular flexibility index (Phi) is 4.80. The van der Waals surface area contributed by atoms with Crippen molar-refractivity contribution >= 4 is 49.4 Å². The van der Waals surface area contributed by atoms with Crippen LogP contribution in [0.15, 0.2) is 127 Å². The number of aromatic amines is 1. The molecule has 0 aliphatic rings. The molecule has 0 aliphatic carbocycles. The molecule has 0 amide bonds. The minimum absolute atomic E-state index is 0.634. The molecule has 9 rings (SSSR count). The normalized spacial score (nSPS) is 11.8. The van der Waals surface area contributed by atoms with Crippen LogP contribution in [0, 0.1) is 0 Å². The van der Waals surface area contributed by atoms with Crippen LogP contribution in [-0.4, -0.2) is 29.3 Å². The standard InChI is InChI=1S/C36H22N6/c1-3-11-22(12-4-1)32-39-33(23-13-5-2-6-14-23)41-34(40-32)24-19-20-30-28(21-24)25-15-7-8-16-26(25)35-38-31-27-17-9-10-18-29(27)37-36(31)42(30)35/h1-21,37H. The topological polar surface area (TPSA) is 71.8 Å². The van der Waals surface area contributed by atoms with E-state index in [0.717, 1.165) is 66.1 Å². The number of para-hydroxylation sites is 1. The first kappa shape index (κ1) is 22.9. The molecule has 6 heteroatoms. The highest BCUT2D eigenvalue weighted by Crippen LogP contribution is 2.36. The number of H-pyrrole nitrogens is 1. The van der Waals surface area contributed by atoms with Crippen LogP contribution in [0.25, 0.3) is 83.6 Å². The highest BCUT2D eigenvalue weighted by atomic mass is 15.1. The van der Waals surface area contributed by atoms with Gasteiger partial charge in [-0.05, 0) is 29.7 Å². The number of hydrogen-bond acceptors (Lipinski definition) is 4. The number of aromatic nitrogens is 6. The van der Waals surface area contributed by atoms with Gasteiger partial charge in [0.2, 0.25) is 0 Å². The molecule has 0 spiro atoms. The van der Waals surface area contributed by atoms with E-state index in [1.807, 2.05) is 66.7 Å². The van der Waals surface area contributed by atoms with E-state index >= 15 is 0 Å². The zero-order valence-electron chi connectivity index (χ0n) is 22.4. The van der Waals surface area contributed by atoms with Crippen LogP contribution in [0.4, 0.5) is 0 Å². The first-order valence-corrected chi connectivity index (χ1v) is 13.9. The van der Waals surface area contributed by atoms with Gasteiger partial charge in [0, 0.05) is 38.4 Å². The van der Waals surface area contributed by atoms with Crippen LogP contribution in [0.5, 0.6) is 0 Å². The van der Waals surface area contributed by atoms with E-state index in [4.69, 9.17) is 19.9 Å². The second-order valence-electron chi connectivity index (χ2n) is 10.5. The molecule has 0 bridgehead atoms. The van der Waals surface area contributed by atoms with Gasteiger partial charge >= 0.3 is 0 Å². The number of benzene rings is 5. The van der Waals surface area contributed by atoms with Crippen molar-refractivity contribution < 1.29 is 0 Å². The number of rotatable bonds is 3. The van der Waals surface area contributed by atoms with Crippen LogP contribution in [-0.2, 0) is 0 Å². The summed E-state index contributed by atoms with van der Waals surface area (Å²) >= 11 is 0. The lowest BCUT2D eigenvalue weighted by atomic mass is 10.0. The van der Waals surface area contributed by atoms with Crippen LogP contribution in [0.1, 0.15) is 0 Å². The molecule has 0 radical (unpaired) electrons. The molecule has 0 saturated carbocycles. The Morgan fingerprint density at radius 2 is 1.02 bits per heavy atom. The first-order valence-electron chi connectivity index (χ1n) is 13.9. The summed E-state index contributed by atoms with van der Waals surface area (Å²) in [5.74, 6) is 1.93. The maximum atomic E-state index is 5.15. The van der Waals surface area contributed by atoms with Crippen LogP contribution >= 0.6 is 0 Å². The van der Waals surface area contributed by atoms with E-state index in [1.54, 1.807) is 0 Å². The van der Waals surface area contributed by atoms with Gasteiger partial charge in [0.25, 0.3) is 0 Å². The minimum Gasteiger partial charge on any atom is -0.339 e. The molecule has 6 nitrogen and oxygen atoms in total. The third kappa shape index (κ3) is 3.39. The van der Waals surface area contributed by atoms with Crippen molar-refractivity contribution in [2.24, 2.45) is 0 Å². The summed E-state index contributed by atoms with van der Waals surface area (Å²) in [6, 6.07) is 43.4. The number of fused-ring (bicyclic) bond motifs is 10. The van der Waals surface area contributed by atoms with Crippen molar-refractivity contribution in [2.45, 2.75) is 0 Å². The van der Waals surface area contributed by atoms with Crippen molar-refractivity contribution in [1.29, 1.82) is 0 Å². The van der Waals surface area contributed by atoms with Gasteiger partial charge in [-0.15, -0.1) is 0 Å². The van der Waals surface area contributed by atoms with E-state index in [-0.39, 0.29) is 0 Å². The van der Waals surface area contributed by atoms with E-state index in [1.165, 1.54) is 0 Å². The molecule has 5 aromatic carbocycles. The molecule has 0 fully saturated rings. The summed E-state index contributed by atoms with van der Waals surface area (Å²) < 4.78 is 2.25. The van der Waals surface area contributed by atoms with Gasteiger partial charge in [-0.2, -0.15) is 0 Å². The molecule has 4 aromatic heterocycles. The highest BCUT2D eigenvalue weighted by Gasteiger charge is 2.18. The third-order valence-electron chi connectivity index (χ3n) is 7.97. The van der Waals surface area contributed by atoms with Crippen molar-refractivity contribution in [3.05, 3.63) is 127 Å². The summed E-state index contributed by atoms with van der Waals surface area (Å²) in [5, 5.41) is 4.47. The molecule has 4 heterocycles. The SMILES string of the molecule is c1ccc(-c2nc(-c3ccccc3)nc(-c3ccc4c(c3)c3ccccc3c3nc5c6ccccc6[nH]c5n43)n2)cc1. The number of nitrogens with zero attached hydrogens (tertiary/aromatic N) is 5. The van der Waals surface area contributed by atoms with Gasteiger partial charge in [-0.3, -0.25) is 4.40 Å². The Morgan fingerprint density at radius 3 is 1.71 bits per heavy atom. The van der Waals surface area contributed by atoms with Crippen molar-refractivity contribution in [3.63, 3.8) is 0 Å². The Bertz CT molecular complexity index is 2400. The van der Waals surface area contributed by atoms with E-state index < -0.39 is 0 Å². The lowest BCUT2D eigenvalue weighted by Crippen LogP contribution is -2.00. The maximum absolute atomic E-state index is 5.15. The molecular weight excluding hydrogens is 516 g/mol. The second kappa shape index (κ2) is 8.81. The van der Waals surface area contributed by atoms with Gasteiger partial charge < -0.3 is 4.98 Å². The highest BCUT2D eigenvalue weighted by molar-refractivity contribution is 6.16. The van der Waals surface area contributed by atoms with Gasteiger partial charge in [-0.25, -0.2) is 19.9 Å². The molecule has 0 aliphatic heterocycles. The third-order valence-corrected chi connectivity index (χ3v) is 7.97. The Labute approximate surface area is 240 Å². The number of nitrogens with one attached hydrogen (secondary N) is 1. The molecular formula is C36H22N6. The zero-order valence-corrected chi connectivity index (χ0v) is 22.4. The predicted octanol–water partition coefficient (Wildman–Crippen LogP) is 8.46. The van der Waals surface area contributed by atoms with Crippen molar-refractivity contribution in [2.75, 3.05) is 0 Å². The number of imidazole rings is 1. The van der Waals surface area contributed by atoms with Gasteiger partial charge in [-0.1, -0.05) is 103 Å². The van der Waals surface area contributed by atoms with Crippen LogP contribution in [0.2, 0.25) is 0 Å². The summed E-state index contributed by atoms with van der Waals surface area (Å²) in [7, 11) is 0. The average molecular weight is 539 g/mol. The quantitative estimate of drug-likeness (QED) is 0.229. The predicted molar refractivity (Wildman–Crippen MR) is 169 cm³/mol. The molecule has 0 atom stereocenters. The first-order chi connectivity index (χ1) is 20.8. The van der Waals surface area contributed by atoms with Gasteiger partial charge in [0.15, 0.2) is 17.5 Å². The van der Waals surface area contributed by atoms with Crippen molar-refractivity contribution in [1.82, 2.24) is 29.3 Å². The Balaban J connectivity index is 1.34. The Morgan fingerprint density at radius 1 is 0.452 bits per heavy atom. The molecule has 0 unspecified atom stereocenters. The smallest absolute Gasteiger partial charge is 0.164 e. The molecule has 1 N–H and O–H groups in total. The summed E-state index contributed by atoms with van der Waals surface area (Å²) in [4.78, 5) is 23.6. The fourth-order valence-corrected chi connectivity index (χ4v) is 6.00. The van der Waals surface area contributed by atoms with E-state index in [9.17, 15) is 0 Å². The summed E-state index contributed by atoms with van der Waals surface area (Å²) in [6.45, 7) is 0. The fraction of sp³-hybridized carbons (Fsp3) is 0. The Hall–Kier alpha value is -5.88. The average Bonchev–Trinajstić information content (AvgIpc) is 3.62. The lowest BCUT2D eigenvalue weighted by molar-refractivity contribution is 1.07. The molecule has 9 aromatic rings. The molecule has 196 valence electrons. The summed E-state index contributed by atoms with van der Waals surface area (Å²) in [6.07, 6.45) is 0. The minimum atomic E-state index is 0.634. The van der Waals surface area contributed by atoms with E-state index in [2.05, 4.69) is 70.0 Å². The monoisotopic (exact) mass is 538 g/mol. The van der Waals surface area contributed by atoms with Crippen LogP contribution in [0.3, 0.4) is 0 Å². The second-order valence-corrected chi connectivity index (χ2v) is 10.5. The zero-order chi connectivity index (χ0) is 27.6.